The number of nitrogens with two attached hydrogens (primary N) is 1. The summed E-state index contributed by atoms with van der Waals surface area (Å²) in [7, 11) is 1.84. The second kappa shape index (κ2) is 4.92. The molecule has 0 aliphatic carbocycles. The maximum atomic E-state index is 10.8. The van der Waals surface area contributed by atoms with Crippen LogP contribution in [0.2, 0.25) is 0 Å². The molecule has 1 heterocycles. The van der Waals surface area contributed by atoms with Gasteiger partial charge >= 0.3 is 0 Å². The Morgan fingerprint density at radius 1 is 1.56 bits per heavy atom. The van der Waals surface area contributed by atoms with Crippen molar-refractivity contribution in [2.45, 2.75) is 0 Å². The van der Waals surface area contributed by atoms with Gasteiger partial charge in [-0.2, -0.15) is 5.10 Å². The van der Waals surface area contributed by atoms with E-state index in [0.717, 1.165) is 10.9 Å². The molecule has 1 aromatic carbocycles. The van der Waals surface area contributed by atoms with Gasteiger partial charge in [0.25, 0.3) is 6.47 Å². The summed E-state index contributed by atoms with van der Waals surface area (Å²) in [6.07, 6.45) is 1.85. The molecule has 0 aliphatic heterocycles. The lowest BCUT2D eigenvalue weighted by molar-refractivity contribution is -0.122. The van der Waals surface area contributed by atoms with Crippen LogP contribution in [0.3, 0.4) is 0 Å². The molecule has 0 bridgehead atoms. The van der Waals surface area contributed by atoms with Crippen molar-refractivity contribution >= 4 is 23.3 Å². The van der Waals surface area contributed by atoms with Gasteiger partial charge in [-0.3, -0.25) is 14.3 Å². The minimum atomic E-state index is -0.411. The van der Waals surface area contributed by atoms with Crippen molar-refractivity contribution in [3.05, 3.63) is 30.0 Å². The highest BCUT2D eigenvalue weighted by Gasteiger charge is 2.03. The molecule has 6 nitrogen and oxygen atoms in total. The maximum absolute atomic E-state index is 10.8. The zero-order chi connectivity index (χ0) is 12.1. The minimum absolute atomic E-state index is 0.250. The van der Waals surface area contributed by atoms with E-state index in [2.05, 4.69) is 5.10 Å². The lowest BCUT2D eigenvalue weighted by atomic mass is 10.1. The summed E-state index contributed by atoms with van der Waals surface area (Å²) in [5.41, 5.74) is 6.53. The largest absolute Gasteiger partial charge is 0.483 e. The number of fused-ring (bicyclic) bond motifs is 1. The average Bonchev–Trinajstić information content (AvgIpc) is 2.57. The molecule has 6 heteroatoms. The summed E-state index contributed by atoms with van der Waals surface area (Å²) in [4.78, 5) is 19.2. The molecule has 0 spiro atoms. The molecule has 0 aliphatic rings. The van der Waals surface area contributed by atoms with Crippen LogP contribution in [-0.4, -0.2) is 27.3 Å². The van der Waals surface area contributed by atoms with E-state index < -0.39 is 5.91 Å². The zero-order valence-corrected chi connectivity index (χ0v) is 8.62. The minimum Gasteiger partial charge on any atom is -0.483 e. The van der Waals surface area contributed by atoms with Crippen molar-refractivity contribution in [1.29, 1.82) is 0 Å². The lowest BCUT2D eigenvalue weighted by Crippen LogP contribution is -2.10. The Labute approximate surface area is 91.3 Å². The first kappa shape index (κ1) is 11.7. The highest BCUT2D eigenvalue weighted by Crippen LogP contribution is 2.13. The number of aryl methyl sites for hydroxylation is 1. The van der Waals surface area contributed by atoms with Crippen LogP contribution in [0.25, 0.3) is 10.9 Å². The third-order valence-electron chi connectivity index (χ3n) is 1.90. The highest BCUT2D eigenvalue weighted by molar-refractivity contribution is 5.96. The van der Waals surface area contributed by atoms with Crippen LogP contribution >= 0.6 is 0 Å². The van der Waals surface area contributed by atoms with Crippen LogP contribution < -0.4 is 5.73 Å². The molecule has 0 radical (unpaired) electrons. The summed E-state index contributed by atoms with van der Waals surface area (Å²) in [5.74, 6) is -0.411. The van der Waals surface area contributed by atoms with Crippen LogP contribution in [0, 0.1) is 0 Å². The van der Waals surface area contributed by atoms with Gasteiger partial charge in [-0.1, -0.05) is 0 Å². The van der Waals surface area contributed by atoms with Crippen molar-refractivity contribution in [3.63, 3.8) is 0 Å². The first-order valence-corrected chi connectivity index (χ1v) is 4.39. The van der Waals surface area contributed by atoms with Gasteiger partial charge in [-0.25, -0.2) is 0 Å². The number of hydrogen-bond acceptors (Lipinski definition) is 3. The molecule has 84 valence electrons. The van der Waals surface area contributed by atoms with E-state index in [0.29, 0.717) is 5.56 Å². The predicted molar refractivity (Wildman–Crippen MR) is 57.9 cm³/mol. The molecule has 1 aromatic heterocycles. The molecule has 0 unspecified atom stereocenters. The van der Waals surface area contributed by atoms with E-state index in [1.807, 2.05) is 13.2 Å². The average molecular weight is 221 g/mol. The number of carbonyl (C=O) groups excluding carboxylic acids is 1. The monoisotopic (exact) mass is 221 g/mol. The fourth-order valence-electron chi connectivity index (χ4n) is 1.30. The summed E-state index contributed by atoms with van der Waals surface area (Å²) in [6.45, 7) is -0.250. The SMILES string of the molecule is Cn1cc2cc(C(N)=O)ccc2n1.O=CO. The van der Waals surface area contributed by atoms with Crippen LogP contribution in [0.5, 0.6) is 0 Å². The van der Waals surface area contributed by atoms with E-state index in [1.54, 1.807) is 22.9 Å². The van der Waals surface area contributed by atoms with Gasteiger partial charge in [0.05, 0.1) is 5.52 Å². The van der Waals surface area contributed by atoms with Gasteiger partial charge in [0, 0.05) is 24.2 Å². The third-order valence-corrected chi connectivity index (χ3v) is 1.90. The second-order valence-electron chi connectivity index (χ2n) is 3.05. The van der Waals surface area contributed by atoms with Gasteiger partial charge in [0.1, 0.15) is 0 Å². The fourth-order valence-corrected chi connectivity index (χ4v) is 1.30. The van der Waals surface area contributed by atoms with Crippen LogP contribution in [-0.2, 0) is 11.8 Å². The number of nitrogens with zero attached hydrogens (tertiary/aromatic N) is 2. The van der Waals surface area contributed by atoms with Crippen LogP contribution in [0.15, 0.2) is 24.4 Å². The van der Waals surface area contributed by atoms with Gasteiger partial charge in [-0.15, -0.1) is 0 Å². The molecule has 0 atom stereocenters. The predicted octanol–water partition coefficient (Wildman–Crippen LogP) is 0.373. The van der Waals surface area contributed by atoms with E-state index >= 15 is 0 Å². The Kier molecular flexibility index (Phi) is 3.60. The highest BCUT2D eigenvalue weighted by atomic mass is 16.3. The van der Waals surface area contributed by atoms with Gasteiger partial charge in [0.2, 0.25) is 5.91 Å². The molecule has 2 rings (SSSR count). The van der Waals surface area contributed by atoms with Crippen molar-refractivity contribution in [2.75, 3.05) is 0 Å². The van der Waals surface area contributed by atoms with Crippen molar-refractivity contribution in [3.8, 4) is 0 Å². The zero-order valence-electron chi connectivity index (χ0n) is 8.62. The van der Waals surface area contributed by atoms with Crippen LogP contribution in [0.1, 0.15) is 10.4 Å². The molecular weight excluding hydrogens is 210 g/mol. The molecule has 0 saturated carbocycles. The van der Waals surface area contributed by atoms with Crippen LogP contribution in [0.4, 0.5) is 0 Å². The van der Waals surface area contributed by atoms with Gasteiger partial charge in [0.15, 0.2) is 0 Å². The molecule has 0 saturated heterocycles. The fraction of sp³-hybridized carbons (Fsp3) is 0.100. The Hall–Kier alpha value is -2.37. The number of benzene rings is 1. The van der Waals surface area contributed by atoms with Gasteiger partial charge in [-0.05, 0) is 18.2 Å². The Morgan fingerprint density at radius 3 is 2.75 bits per heavy atom. The molecule has 16 heavy (non-hydrogen) atoms. The lowest BCUT2D eigenvalue weighted by Gasteiger charge is -1.92. The number of primary amides is 1. The molecule has 0 fully saturated rings. The number of carbonyl (C=O) groups is 2. The van der Waals surface area contributed by atoms with Gasteiger partial charge < -0.3 is 10.8 Å². The van der Waals surface area contributed by atoms with E-state index in [4.69, 9.17) is 15.6 Å². The quantitative estimate of drug-likeness (QED) is 0.680. The first-order chi connectivity index (χ1) is 7.58. The topological polar surface area (TPSA) is 98.2 Å². The summed E-state index contributed by atoms with van der Waals surface area (Å²) in [5, 5.41) is 12.0. The first-order valence-electron chi connectivity index (χ1n) is 4.39. The van der Waals surface area contributed by atoms with E-state index in [-0.39, 0.29) is 6.47 Å². The van der Waals surface area contributed by atoms with Crippen molar-refractivity contribution < 1.29 is 14.7 Å². The third kappa shape index (κ3) is 2.57. The Balaban J connectivity index is 0.000000386. The summed E-state index contributed by atoms with van der Waals surface area (Å²) in [6, 6.07) is 5.21. The maximum Gasteiger partial charge on any atom is 0.290 e. The normalized spacial score (nSPS) is 9.31. The number of hydrogen-bond donors (Lipinski definition) is 2. The molecular formula is C10H11N3O3. The van der Waals surface area contributed by atoms with Crippen molar-refractivity contribution in [2.24, 2.45) is 12.8 Å². The Morgan fingerprint density at radius 2 is 2.19 bits per heavy atom. The Bertz CT molecular complexity index is 519. The summed E-state index contributed by atoms with van der Waals surface area (Å²) >= 11 is 0. The number of rotatable bonds is 1. The van der Waals surface area contributed by atoms with Crippen molar-refractivity contribution in [1.82, 2.24) is 9.78 Å². The molecule has 3 N–H and O–H groups in total. The van der Waals surface area contributed by atoms with E-state index in [9.17, 15) is 4.79 Å². The number of aromatic nitrogens is 2. The van der Waals surface area contributed by atoms with E-state index in [1.165, 1.54) is 0 Å². The summed E-state index contributed by atoms with van der Waals surface area (Å²) < 4.78 is 1.70. The second-order valence-corrected chi connectivity index (χ2v) is 3.05. The number of amides is 1. The standard InChI is InChI=1S/C9H9N3O.CH2O2/c1-12-5-7-4-6(9(10)13)2-3-8(7)11-12;2-1-3/h2-5H,1H3,(H2,10,13);1H,(H,2,3). The molecule has 1 amide bonds. The molecule has 2 aromatic rings. The number of carboxylic acid groups (broad SMARTS) is 1. The smallest absolute Gasteiger partial charge is 0.290 e.